The minimum atomic E-state index is -0.225. The highest BCUT2D eigenvalue weighted by Crippen LogP contribution is 2.75. The maximum Gasteiger partial charge on any atom is 0.142 e. The van der Waals surface area contributed by atoms with Gasteiger partial charge >= 0.3 is 0 Å². The molecule has 3 fully saturated rings. The van der Waals surface area contributed by atoms with Crippen molar-refractivity contribution in [2.24, 2.45) is 17.3 Å². The molecular weight excluding hydrogens is 573 g/mol. The first-order valence-corrected chi connectivity index (χ1v) is 16.0. The predicted octanol–water partition coefficient (Wildman–Crippen LogP) is 8.34. The number of aromatic nitrogens is 1. The second kappa shape index (κ2) is 10.9. The van der Waals surface area contributed by atoms with Crippen molar-refractivity contribution in [3.05, 3.63) is 112 Å². The summed E-state index contributed by atoms with van der Waals surface area (Å²) in [7, 11) is 0. The lowest BCUT2D eigenvalue weighted by Gasteiger charge is -2.44. The molecule has 8 rings (SSSR count). The van der Waals surface area contributed by atoms with Crippen LogP contribution in [-0.4, -0.2) is 11.0 Å². The van der Waals surface area contributed by atoms with Crippen LogP contribution in [0.1, 0.15) is 66.0 Å². The zero-order chi connectivity index (χ0) is 29.8. The molecule has 4 aliphatic carbocycles. The van der Waals surface area contributed by atoms with Gasteiger partial charge in [0, 0.05) is 47.7 Å². The number of hydrogen-bond acceptors (Lipinski definition) is 5. The van der Waals surface area contributed by atoms with Gasteiger partial charge in [-0.2, -0.15) is 5.26 Å². The quantitative estimate of drug-likeness (QED) is 0.208. The average molecular weight is 606 g/mol. The van der Waals surface area contributed by atoms with Gasteiger partial charge < -0.3 is 14.8 Å². The van der Waals surface area contributed by atoms with Crippen LogP contribution in [0.2, 0.25) is 5.02 Å². The first kappa shape index (κ1) is 27.6. The summed E-state index contributed by atoms with van der Waals surface area (Å²) in [6.45, 7) is 0.928. The molecule has 1 N–H and O–H groups in total. The van der Waals surface area contributed by atoms with E-state index >= 15 is 0 Å². The molecule has 7 heteroatoms. The van der Waals surface area contributed by atoms with Gasteiger partial charge in [-0.1, -0.05) is 48.0 Å². The highest BCUT2D eigenvalue weighted by molar-refractivity contribution is 6.32. The molecule has 222 valence electrons. The summed E-state index contributed by atoms with van der Waals surface area (Å²) in [6.07, 6.45) is 10.0. The highest BCUT2D eigenvalue weighted by Gasteiger charge is 2.70. The van der Waals surface area contributed by atoms with Crippen molar-refractivity contribution in [1.29, 1.82) is 5.26 Å². The Kier molecular flexibility index (Phi) is 6.85. The Balaban J connectivity index is 1.05. The number of nitrogens with zero attached hydrogens (tertiary/aromatic N) is 2. The van der Waals surface area contributed by atoms with E-state index in [9.17, 15) is 9.65 Å². The molecule has 0 aliphatic heterocycles. The molecule has 4 aromatic rings. The van der Waals surface area contributed by atoms with Crippen LogP contribution in [0.15, 0.2) is 73.1 Å². The van der Waals surface area contributed by atoms with Crippen molar-refractivity contribution < 1.29 is 13.9 Å². The van der Waals surface area contributed by atoms with Crippen molar-refractivity contribution in [2.45, 2.75) is 63.8 Å². The van der Waals surface area contributed by atoms with E-state index in [0.717, 1.165) is 52.5 Å². The number of ether oxygens (including phenoxy) is 2. The van der Waals surface area contributed by atoms with Gasteiger partial charge in [0.2, 0.25) is 0 Å². The van der Waals surface area contributed by atoms with Crippen LogP contribution in [0.4, 0.5) is 4.39 Å². The van der Waals surface area contributed by atoms with E-state index in [-0.39, 0.29) is 18.5 Å². The molecule has 0 radical (unpaired) electrons. The lowest BCUT2D eigenvalue weighted by Crippen LogP contribution is -2.50. The third-order valence-corrected chi connectivity index (χ3v) is 10.9. The van der Waals surface area contributed by atoms with E-state index < -0.39 is 0 Å². The van der Waals surface area contributed by atoms with E-state index in [1.165, 1.54) is 31.7 Å². The molecule has 3 aromatic carbocycles. The molecule has 1 aromatic heterocycles. The van der Waals surface area contributed by atoms with Crippen molar-refractivity contribution in [2.75, 3.05) is 0 Å². The minimum Gasteiger partial charge on any atom is -0.488 e. The van der Waals surface area contributed by atoms with Gasteiger partial charge in [0.15, 0.2) is 0 Å². The molecule has 1 unspecified atom stereocenters. The third kappa shape index (κ3) is 4.74. The number of hydrogen-bond donors (Lipinski definition) is 1. The molecule has 0 bridgehead atoms. The second-order valence-corrected chi connectivity index (χ2v) is 13.3. The monoisotopic (exact) mass is 605 g/mol. The average Bonchev–Trinajstić information content (AvgIpc) is 3.52. The predicted molar refractivity (Wildman–Crippen MR) is 167 cm³/mol. The number of fused-ring (bicyclic) bond motifs is 1. The van der Waals surface area contributed by atoms with E-state index in [0.29, 0.717) is 45.7 Å². The van der Waals surface area contributed by atoms with Gasteiger partial charge in [-0.05, 0) is 90.7 Å². The number of benzene rings is 3. The van der Waals surface area contributed by atoms with Gasteiger partial charge in [-0.3, -0.25) is 4.98 Å². The molecule has 5 atom stereocenters. The fraction of sp³-hybridized carbons (Fsp3) is 0.351. The largest absolute Gasteiger partial charge is 0.488 e. The number of rotatable bonds is 9. The maximum atomic E-state index is 14.7. The van der Waals surface area contributed by atoms with Crippen molar-refractivity contribution in [1.82, 2.24) is 10.3 Å². The number of nitrogens with one attached hydrogen (secondary N) is 1. The van der Waals surface area contributed by atoms with Gasteiger partial charge in [-0.15, -0.1) is 0 Å². The van der Waals surface area contributed by atoms with Gasteiger partial charge in [0.05, 0.1) is 10.6 Å². The van der Waals surface area contributed by atoms with Crippen LogP contribution in [0, 0.1) is 34.4 Å². The maximum absolute atomic E-state index is 14.7. The summed E-state index contributed by atoms with van der Waals surface area (Å²) < 4.78 is 27.7. The zero-order valence-corrected chi connectivity index (χ0v) is 25.1. The topological polar surface area (TPSA) is 67.2 Å². The fourth-order valence-corrected chi connectivity index (χ4v) is 8.54. The summed E-state index contributed by atoms with van der Waals surface area (Å²) in [6, 6.07) is 21.3. The lowest BCUT2D eigenvalue weighted by atomic mass is 9.67. The Morgan fingerprint density at radius 2 is 1.89 bits per heavy atom. The molecule has 1 heterocycles. The van der Waals surface area contributed by atoms with E-state index in [2.05, 4.69) is 22.4 Å². The summed E-state index contributed by atoms with van der Waals surface area (Å²) in [4.78, 5) is 4.18. The van der Waals surface area contributed by atoms with Crippen LogP contribution < -0.4 is 14.8 Å². The summed E-state index contributed by atoms with van der Waals surface area (Å²) in [5.74, 6) is 2.80. The molecule has 44 heavy (non-hydrogen) atoms. The van der Waals surface area contributed by atoms with E-state index in [4.69, 9.17) is 21.1 Å². The van der Waals surface area contributed by atoms with Gasteiger partial charge in [0.25, 0.3) is 0 Å². The second-order valence-electron chi connectivity index (χ2n) is 12.9. The van der Waals surface area contributed by atoms with Crippen molar-refractivity contribution >= 4 is 11.6 Å². The Labute approximate surface area is 262 Å². The lowest BCUT2D eigenvalue weighted by molar-refractivity contribution is 0.0928. The Morgan fingerprint density at radius 3 is 2.73 bits per heavy atom. The summed E-state index contributed by atoms with van der Waals surface area (Å²) >= 11 is 6.89. The highest BCUT2D eigenvalue weighted by atomic mass is 35.5. The standard InChI is InChI=1S/C37H33ClFN3O2/c38-31-13-24(20-42-33-16-37-15-25(37)8-10-30(33)37)35(43-21-23-12-22(17-40)18-41-19-23)14-36(31)44-34-11-9-27-26(5-3-6-29(27)34)28-4-1-2-7-32(28)39/h1-7,12-14,18-19,25,30,33-34,42H,8-11,15-16,20-21H2/t25-,30-,33-,34-,37?/m0/s1. The van der Waals surface area contributed by atoms with Gasteiger partial charge in [-0.25, -0.2) is 4.39 Å². The molecule has 0 amide bonds. The van der Waals surface area contributed by atoms with Crippen LogP contribution in [0.3, 0.4) is 0 Å². The first-order chi connectivity index (χ1) is 21.5. The summed E-state index contributed by atoms with van der Waals surface area (Å²) in [5, 5.41) is 13.7. The number of pyridine rings is 1. The van der Waals surface area contributed by atoms with Crippen LogP contribution in [-0.2, 0) is 19.6 Å². The molecule has 5 nitrogen and oxygen atoms in total. The Bertz CT molecular complexity index is 1800. The van der Waals surface area contributed by atoms with Crippen LogP contribution in [0.5, 0.6) is 11.5 Å². The number of halogens is 2. The normalized spacial score (nSPS) is 25.8. The Morgan fingerprint density at radius 1 is 1.00 bits per heavy atom. The Hall–Kier alpha value is -3.92. The first-order valence-electron chi connectivity index (χ1n) is 15.6. The van der Waals surface area contributed by atoms with Crippen LogP contribution >= 0.6 is 11.6 Å². The van der Waals surface area contributed by atoms with Crippen molar-refractivity contribution in [3.8, 4) is 28.7 Å². The fourth-order valence-electron chi connectivity index (χ4n) is 8.31. The van der Waals surface area contributed by atoms with Gasteiger partial charge in [0.1, 0.15) is 36.1 Å². The van der Waals surface area contributed by atoms with Crippen molar-refractivity contribution in [3.63, 3.8) is 0 Å². The molecule has 3 saturated carbocycles. The molecule has 0 saturated heterocycles. The zero-order valence-electron chi connectivity index (χ0n) is 24.4. The van der Waals surface area contributed by atoms with Crippen LogP contribution in [0.25, 0.3) is 11.1 Å². The van der Waals surface area contributed by atoms with E-state index in [1.54, 1.807) is 24.5 Å². The minimum absolute atomic E-state index is 0.206. The SMILES string of the molecule is N#Cc1cncc(COc2cc(O[C@H]3CCc4c(-c5ccccc5F)cccc43)c(Cl)cc2CN[C@H]2CC34C[C@@H]3CC[C@@H]24)c1. The molecular formula is C37H33ClFN3O2. The molecule has 4 aliphatic rings. The third-order valence-electron chi connectivity index (χ3n) is 10.6. The smallest absolute Gasteiger partial charge is 0.142 e. The molecule has 1 spiro atoms. The van der Waals surface area contributed by atoms with E-state index in [1.807, 2.05) is 36.4 Å². The number of nitriles is 1. The summed E-state index contributed by atoms with van der Waals surface area (Å²) in [5.41, 5.74) is 6.63.